The fourth-order valence-corrected chi connectivity index (χ4v) is 2.93. The van der Waals surface area contributed by atoms with E-state index in [1.165, 1.54) is 4.90 Å². The fourth-order valence-electron chi connectivity index (χ4n) is 1.81. The van der Waals surface area contributed by atoms with E-state index in [0.29, 0.717) is 5.25 Å². The van der Waals surface area contributed by atoms with Gasteiger partial charge in [-0.2, -0.15) is 0 Å². The second-order valence-electron chi connectivity index (χ2n) is 4.18. The van der Waals surface area contributed by atoms with Crippen molar-refractivity contribution in [2.24, 2.45) is 0 Å². The zero-order valence-electron chi connectivity index (χ0n) is 9.80. The van der Waals surface area contributed by atoms with E-state index in [9.17, 15) is 4.79 Å². The molecule has 1 aliphatic rings. The number of anilines is 1. The lowest BCUT2D eigenvalue weighted by Gasteiger charge is -2.34. The van der Waals surface area contributed by atoms with Crippen LogP contribution >= 0.6 is 11.8 Å². The molecule has 1 aliphatic heterocycles. The highest BCUT2D eigenvalue weighted by Crippen LogP contribution is 2.38. The SMILES string of the molecule is CC1CN(C(=O)N(C)C)c2ccccc2S1. The Kier molecular flexibility index (Phi) is 3.10. The Labute approximate surface area is 100 Å². The summed E-state index contributed by atoms with van der Waals surface area (Å²) >= 11 is 1.83. The molecule has 16 heavy (non-hydrogen) atoms. The number of thioether (sulfide) groups is 1. The van der Waals surface area contributed by atoms with Crippen molar-refractivity contribution < 1.29 is 4.79 Å². The number of para-hydroxylation sites is 1. The smallest absolute Gasteiger partial charge is 0.324 e. The number of rotatable bonds is 0. The summed E-state index contributed by atoms with van der Waals surface area (Å²) in [6.07, 6.45) is 0. The predicted molar refractivity (Wildman–Crippen MR) is 68.2 cm³/mol. The van der Waals surface area contributed by atoms with Crippen molar-refractivity contribution in [3.63, 3.8) is 0 Å². The molecule has 3 nitrogen and oxygen atoms in total. The maximum atomic E-state index is 12.0. The van der Waals surface area contributed by atoms with E-state index in [4.69, 9.17) is 0 Å². The summed E-state index contributed by atoms with van der Waals surface area (Å²) in [5.74, 6) is 0. The van der Waals surface area contributed by atoms with Crippen LogP contribution in [0.3, 0.4) is 0 Å². The van der Waals surface area contributed by atoms with Crippen LogP contribution in [0.1, 0.15) is 6.92 Å². The zero-order chi connectivity index (χ0) is 11.7. The molecule has 0 radical (unpaired) electrons. The third-order valence-electron chi connectivity index (χ3n) is 2.54. The van der Waals surface area contributed by atoms with Gasteiger partial charge < -0.3 is 4.90 Å². The Balaban J connectivity index is 2.37. The molecule has 1 atom stereocenters. The van der Waals surface area contributed by atoms with Crippen molar-refractivity contribution in [2.45, 2.75) is 17.1 Å². The highest BCUT2D eigenvalue weighted by atomic mass is 32.2. The molecule has 4 heteroatoms. The van der Waals surface area contributed by atoms with Gasteiger partial charge in [0.1, 0.15) is 0 Å². The highest BCUT2D eigenvalue weighted by Gasteiger charge is 2.27. The van der Waals surface area contributed by atoms with Gasteiger partial charge in [-0.25, -0.2) is 4.79 Å². The van der Waals surface area contributed by atoms with Crippen LogP contribution in [0.25, 0.3) is 0 Å². The molecule has 1 heterocycles. The summed E-state index contributed by atoms with van der Waals surface area (Å²) in [5.41, 5.74) is 1.03. The first-order chi connectivity index (χ1) is 7.59. The van der Waals surface area contributed by atoms with Crippen LogP contribution in [0.5, 0.6) is 0 Å². The van der Waals surface area contributed by atoms with Crippen molar-refractivity contribution >= 4 is 23.5 Å². The molecule has 1 aromatic rings. The van der Waals surface area contributed by atoms with Gasteiger partial charge in [0.2, 0.25) is 0 Å². The molecule has 2 rings (SSSR count). The number of amides is 2. The summed E-state index contributed by atoms with van der Waals surface area (Å²) < 4.78 is 0. The number of fused-ring (bicyclic) bond motifs is 1. The number of benzene rings is 1. The Morgan fingerprint density at radius 3 is 2.81 bits per heavy atom. The van der Waals surface area contributed by atoms with Crippen LogP contribution < -0.4 is 4.90 Å². The minimum atomic E-state index is 0.0552. The van der Waals surface area contributed by atoms with Gasteiger partial charge in [-0.1, -0.05) is 19.1 Å². The summed E-state index contributed by atoms with van der Waals surface area (Å²) in [5, 5.41) is 0.443. The lowest BCUT2D eigenvalue weighted by atomic mass is 10.2. The van der Waals surface area contributed by atoms with Crippen LogP contribution in [0.15, 0.2) is 29.2 Å². The van der Waals surface area contributed by atoms with E-state index < -0.39 is 0 Å². The molecule has 0 aliphatic carbocycles. The largest absolute Gasteiger partial charge is 0.330 e. The van der Waals surface area contributed by atoms with Crippen LogP contribution in [0, 0.1) is 0 Å². The molecule has 2 amide bonds. The average Bonchev–Trinajstić information content (AvgIpc) is 2.26. The normalized spacial score (nSPS) is 19.2. The van der Waals surface area contributed by atoms with Crippen molar-refractivity contribution in [1.82, 2.24) is 4.90 Å². The summed E-state index contributed by atoms with van der Waals surface area (Å²) in [4.78, 5) is 16.7. The fraction of sp³-hybridized carbons (Fsp3) is 0.417. The molecule has 0 fully saturated rings. The lowest BCUT2D eigenvalue weighted by molar-refractivity contribution is 0.223. The van der Waals surface area contributed by atoms with Crippen molar-refractivity contribution in [1.29, 1.82) is 0 Å². The minimum absolute atomic E-state index is 0.0552. The lowest BCUT2D eigenvalue weighted by Crippen LogP contribution is -2.44. The number of nitrogens with zero attached hydrogens (tertiary/aromatic N) is 2. The first kappa shape index (κ1) is 11.3. The second-order valence-corrected chi connectivity index (χ2v) is 5.66. The molecule has 0 N–H and O–H groups in total. The third-order valence-corrected chi connectivity index (χ3v) is 3.69. The predicted octanol–water partition coefficient (Wildman–Crippen LogP) is 2.67. The first-order valence-corrected chi connectivity index (χ1v) is 6.22. The highest BCUT2D eigenvalue weighted by molar-refractivity contribution is 8.00. The van der Waals surface area contributed by atoms with Gasteiger partial charge in [0, 0.05) is 30.8 Å². The molecule has 0 spiro atoms. The molecule has 0 saturated carbocycles. The molecule has 1 unspecified atom stereocenters. The minimum Gasteiger partial charge on any atom is -0.330 e. The van der Waals surface area contributed by atoms with E-state index in [2.05, 4.69) is 13.0 Å². The Bertz CT molecular complexity index is 406. The van der Waals surface area contributed by atoms with Gasteiger partial charge >= 0.3 is 6.03 Å². The Hall–Kier alpha value is -1.16. The van der Waals surface area contributed by atoms with Gasteiger partial charge in [-0.15, -0.1) is 11.8 Å². The molecule has 0 saturated heterocycles. The van der Waals surface area contributed by atoms with Gasteiger partial charge in [-0.05, 0) is 12.1 Å². The molecule has 0 bridgehead atoms. The number of carbonyl (C=O) groups is 1. The van der Waals surface area contributed by atoms with E-state index in [1.54, 1.807) is 19.0 Å². The van der Waals surface area contributed by atoms with Crippen molar-refractivity contribution in [3.8, 4) is 0 Å². The third kappa shape index (κ3) is 2.02. The van der Waals surface area contributed by atoms with Gasteiger partial charge in [0.25, 0.3) is 0 Å². The molecular formula is C12H16N2OS. The van der Waals surface area contributed by atoms with Crippen LogP contribution in [0.2, 0.25) is 0 Å². The summed E-state index contributed by atoms with van der Waals surface area (Å²) in [6, 6.07) is 8.13. The average molecular weight is 236 g/mol. The molecule has 0 aromatic heterocycles. The number of carbonyl (C=O) groups excluding carboxylic acids is 1. The monoisotopic (exact) mass is 236 g/mol. The standard InChI is InChI=1S/C12H16N2OS/c1-9-8-14(12(15)13(2)3)10-6-4-5-7-11(10)16-9/h4-7,9H,8H2,1-3H3. The second kappa shape index (κ2) is 4.37. The van der Waals surface area contributed by atoms with Crippen LogP contribution in [-0.2, 0) is 0 Å². The quantitative estimate of drug-likeness (QED) is 0.691. The number of hydrogen-bond donors (Lipinski definition) is 0. The van der Waals surface area contributed by atoms with Crippen molar-refractivity contribution in [2.75, 3.05) is 25.5 Å². The van der Waals surface area contributed by atoms with Crippen molar-refractivity contribution in [3.05, 3.63) is 24.3 Å². The topological polar surface area (TPSA) is 23.6 Å². The van der Waals surface area contributed by atoms with E-state index in [0.717, 1.165) is 12.2 Å². The Morgan fingerprint density at radius 1 is 1.44 bits per heavy atom. The number of hydrogen-bond acceptors (Lipinski definition) is 2. The molecule has 1 aromatic carbocycles. The maximum Gasteiger partial charge on any atom is 0.324 e. The van der Waals surface area contributed by atoms with Gasteiger partial charge in [-0.3, -0.25) is 4.90 Å². The summed E-state index contributed by atoms with van der Waals surface area (Å²) in [6.45, 7) is 2.93. The zero-order valence-corrected chi connectivity index (χ0v) is 10.6. The van der Waals surface area contributed by atoms with E-state index in [1.807, 2.05) is 34.9 Å². The summed E-state index contributed by atoms with van der Waals surface area (Å²) in [7, 11) is 3.58. The molecule has 86 valence electrons. The van der Waals surface area contributed by atoms with Crippen LogP contribution in [-0.4, -0.2) is 36.8 Å². The van der Waals surface area contributed by atoms with Gasteiger partial charge in [0.05, 0.1) is 5.69 Å². The van der Waals surface area contributed by atoms with E-state index >= 15 is 0 Å². The number of urea groups is 1. The molecular weight excluding hydrogens is 220 g/mol. The Morgan fingerprint density at radius 2 is 2.12 bits per heavy atom. The van der Waals surface area contributed by atoms with Crippen LogP contribution in [0.4, 0.5) is 10.5 Å². The maximum absolute atomic E-state index is 12.0. The van der Waals surface area contributed by atoms with E-state index in [-0.39, 0.29) is 6.03 Å². The first-order valence-electron chi connectivity index (χ1n) is 5.34. The van der Waals surface area contributed by atoms with Gasteiger partial charge in [0.15, 0.2) is 0 Å².